The van der Waals surface area contributed by atoms with E-state index < -0.39 is 0 Å². The van der Waals surface area contributed by atoms with Gasteiger partial charge in [0.25, 0.3) is 0 Å². The fourth-order valence-electron chi connectivity index (χ4n) is 2.94. The number of imidazole rings is 1. The van der Waals surface area contributed by atoms with Crippen molar-refractivity contribution in [2.24, 2.45) is 0 Å². The molecule has 0 radical (unpaired) electrons. The van der Waals surface area contributed by atoms with Crippen LogP contribution in [-0.2, 0) is 13.0 Å². The maximum atomic E-state index is 6.13. The van der Waals surface area contributed by atoms with Crippen molar-refractivity contribution in [1.82, 2.24) is 14.5 Å². The Kier molecular flexibility index (Phi) is 3.78. The van der Waals surface area contributed by atoms with Crippen molar-refractivity contribution >= 4 is 27.8 Å². The first-order valence-corrected chi connectivity index (χ1v) is 7.79. The molecule has 0 spiro atoms. The third kappa shape index (κ3) is 2.35. The number of benzene rings is 1. The van der Waals surface area contributed by atoms with Crippen molar-refractivity contribution in [3.05, 3.63) is 30.1 Å². The average molecular weight is 282 g/mol. The zero-order valence-electron chi connectivity index (χ0n) is 12.8. The van der Waals surface area contributed by atoms with Gasteiger partial charge < -0.3 is 10.3 Å². The third-order valence-corrected chi connectivity index (χ3v) is 3.99. The highest BCUT2D eigenvalue weighted by Gasteiger charge is 2.15. The Hall–Kier alpha value is -2.10. The molecule has 0 unspecified atom stereocenters. The Morgan fingerprint density at radius 2 is 1.90 bits per heavy atom. The van der Waals surface area contributed by atoms with Gasteiger partial charge in [0, 0.05) is 18.4 Å². The molecule has 0 aliphatic heterocycles. The Labute approximate surface area is 125 Å². The van der Waals surface area contributed by atoms with Gasteiger partial charge >= 0.3 is 0 Å². The molecule has 0 saturated carbocycles. The fourth-order valence-corrected chi connectivity index (χ4v) is 2.94. The standard InChI is InChI=1S/C17H22N4/c1-3-5-8-11-21-14(4-2)20-15-16(21)12-9-6-7-10-13(12)19-17(15)18/h6-7,9-10H,3-5,8,11H2,1-2H3,(H2,18,19). The first-order chi connectivity index (χ1) is 10.3. The number of hydrogen-bond acceptors (Lipinski definition) is 3. The number of pyridine rings is 1. The second kappa shape index (κ2) is 5.72. The summed E-state index contributed by atoms with van der Waals surface area (Å²) in [5, 5.41) is 1.14. The lowest BCUT2D eigenvalue weighted by Crippen LogP contribution is -2.03. The number of nitrogens with zero attached hydrogens (tertiary/aromatic N) is 3. The molecule has 2 N–H and O–H groups in total. The zero-order chi connectivity index (χ0) is 14.8. The van der Waals surface area contributed by atoms with Gasteiger partial charge in [-0.25, -0.2) is 9.97 Å². The van der Waals surface area contributed by atoms with Crippen LogP contribution >= 0.6 is 0 Å². The molecule has 4 nitrogen and oxygen atoms in total. The number of unbranched alkanes of at least 4 members (excludes halogenated alkanes) is 2. The summed E-state index contributed by atoms with van der Waals surface area (Å²) >= 11 is 0. The molecule has 0 bridgehead atoms. The van der Waals surface area contributed by atoms with E-state index >= 15 is 0 Å². The highest BCUT2D eigenvalue weighted by atomic mass is 15.1. The van der Waals surface area contributed by atoms with Crippen LogP contribution in [0.1, 0.15) is 38.9 Å². The molecule has 2 heterocycles. The number of fused-ring (bicyclic) bond motifs is 3. The van der Waals surface area contributed by atoms with Crippen LogP contribution in [0.2, 0.25) is 0 Å². The zero-order valence-corrected chi connectivity index (χ0v) is 12.8. The maximum Gasteiger partial charge on any atom is 0.152 e. The fraction of sp³-hybridized carbons (Fsp3) is 0.412. The van der Waals surface area contributed by atoms with Crippen molar-refractivity contribution in [2.75, 3.05) is 5.73 Å². The molecule has 4 heteroatoms. The third-order valence-electron chi connectivity index (χ3n) is 3.99. The van der Waals surface area contributed by atoms with Gasteiger partial charge in [-0.05, 0) is 12.5 Å². The number of nitrogens with two attached hydrogens (primary N) is 1. The van der Waals surface area contributed by atoms with Gasteiger partial charge in [0.1, 0.15) is 11.3 Å². The van der Waals surface area contributed by atoms with Crippen molar-refractivity contribution in [1.29, 1.82) is 0 Å². The van der Waals surface area contributed by atoms with Crippen molar-refractivity contribution in [3.63, 3.8) is 0 Å². The molecule has 3 aromatic rings. The Morgan fingerprint density at radius 3 is 2.67 bits per heavy atom. The molecule has 110 valence electrons. The van der Waals surface area contributed by atoms with Crippen molar-refractivity contribution in [2.45, 2.75) is 46.1 Å². The number of hydrogen-bond donors (Lipinski definition) is 1. The predicted octanol–water partition coefficient (Wildman–Crippen LogP) is 3.92. The van der Waals surface area contributed by atoms with Gasteiger partial charge in [-0.15, -0.1) is 0 Å². The van der Waals surface area contributed by atoms with E-state index in [4.69, 9.17) is 10.7 Å². The number of rotatable bonds is 5. The highest BCUT2D eigenvalue weighted by Crippen LogP contribution is 2.29. The molecule has 1 aromatic carbocycles. The molecule has 0 aliphatic carbocycles. The lowest BCUT2D eigenvalue weighted by molar-refractivity contribution is 0.595. The second-order valence-corrected chi connectivity index (χ2v) is 5.45. The molecular formula is C17H22N4. The van der Waals surface area contributed by atoms with Gasteiger partial charge in [0.2, 0.25) is 0 Å². The quantitative estimate of drug-likeness (QED) is 0.722. The van der Waals surface area contributed by atoms with E-state index in [9.17, 15) is 0 Å². The van der Waals surface area contributed by atoms with Crippen LogP contribution in [-0.4, -0.2) is 14.5 Å². The number of aromatic nitrogens is 3. The molecule has 0 aliphatic rings. The van der Waals surface area contributed by atoms with E-state index in [0.29, 0.717) is 5.82 Å². The van der Waals surface area contributed by atoms with Gasteiger partial charge in [0.05, 0.1) is 11.0 Å². The van der Waals surface area contributed by atoms with Crippen LogP contribution in [0.3, 0.4) is 0 Å². The van der Waals surface area contributed by atoms with Crippen molar-refractivity contribution < 1.29 is 0 Å². The summed E-state index contributed by atoms with van der Waals surface area (Å²) in [6.07, 6.45) is 4.54. The van der Waals surface area contributed by atoms with Crippen LogP contribution < -0.4 is 5.73 Å². The number of nitrogen functional groups attached to an aromatic ring is 1. The summed E-state index contributed by atoms with van der Waals surface area (Å²) in [5.41, 5.74) is 9.07. The lowest BCUT2D eigenvalue weighted by atomic mass is 10.2. The molecule has 0 saturated heterocycles. The van der Waals surface area contributed by atoms with Crippen LogP contribution in [0.25, 0.3) is 21.9 Å². The second-order valence-electron chi connectivity index (χ2n) is 5.45. The topological polar surface area (TPSA) is 56.7 Å². The van der Waals surface area contributed by atoms with Crippen LogP contribution in [0.4, 0.5) is 5.82 Å². The van der Waals surface area contributed by atoms with Crippen LogP contribution in [0, 0.1) is 0 Å². The Balaban J connectivity index is 2.27. The molecule has 0 fully saturated rings. The Morgan fingerprint density at radius 1 is 1.10 bits per heavy atom. The molecule has 21 heavy (non-hydrogen) atoms. The number of anilines is 1. The van der Waals surface area contributed by atoms with Crippen molar-refractivity contribution in [3.8, 4) is 0 Å². The summed E-state index contributed by atoms with van der Waals surface area (Å²) in [6.45, 7) is 5.37. The molecular weight excluding hydrogens is 260 g/mol. The van der Waals surface area contributed by atoms with E-state index in [1.165, 1.54) is 19.3 Å². The first-order valence-electron chi connectivity index (χ1n) is 7.79. The largest absolute Gasteiger partial charge is 0.382 e. The van der Waals surface area contributed by atoms with Gasteiger partial charge in [-0.2, -0.15) is 0 Å². The monoisotopic (exact) mass is 282 g/mol. The minimum atomic E-state index is 0.535. The summed E-state index contributed by atoms with van der Waals surface area (Å²) < 4.78 is 2.34. The summed E-state index contributed by atoms with van der Waals surface area (Å²) in [5.74, 6) is 1.64. The Bertz CT molecular complexity index is 773. The molecule has 0 amide bonds. The van der Waals surface area contributed by atoms with Gasteiger partial charge in [0.15, 0.2) is 5.82 Å². The number of para-hydroxylation sites is 1. The van der Waals surface area contributed by atoms with E-state index in [0.717, 1.165) is 40.7 Å². The minimum absolute atomic E-state index is 0.535. The molecule has 3 rings (SSSR count). The van der Waals surface area contributed by atoms with Gasteiger partial charge in [-0.1, -0.05) is 44.9 Å². The summed E-state index contributed by atoms with van der Waals surface area (Å²) in [6, 6.07) is 8.18. The van der Waals surface area contributed by atoms with E-state index in [1.807, 2.05) is 12.1 Å². The SMILES string of the molecule is CCCCCn1c(CC)nc2c(N)nc3ccccc3c21. The predicted molar refractivity (Wildman–Crippen MR) is 88.3 cm³/mol. The summed E-state index contributed by atoms with van der Waals surface area (Å²) in [7, 11) is 0. The highest BCUT2D eigenvalue weighted by molar-refractivity contribution is 6.06. The minimum Gasteiger partial charge on any atom is -0.382 e. The lowest BCUT2D eigenvalue weighted by Gasteiger charge is -2.09. The summed E-state index contributed by atoms with van der Waals surface area (Å²) in [4.78, 5) is 9.23. The van der Waals surface area contributed by atoms with Crippen LogP contribution in [0.5, 0.6) is 0 Å². The maximum absolute atomic E-state index is 6.13. The molecule has 0 atom stereocenters. The van der Waals surface area contributed by atoms with E-state index in [1.54, 1.807) is 0 Å². The first kappa shape index (κ1) is 13.9. The smallest absolute Gasteiger partial charge is 0.152 e. The van der Waals surface area contributed by atoms with E-state index in [-0.39, 0.29) is 0 Å². The normalized spacial score (nSPS) is 11.5. The van der Waals surface area contributed by atoms with Gasteiger partial charge in [-0.3, -0.25) is 0 Å². The van der Waals surface area contributed by atoms with Crippen LogP contribution in [0.15, 0.2) is 24.3 Å². The molecule has 2 aromatic heterocycles. The average Bonchev–Trinajstić information content (AvgIpc) is 2.87. The van der Waals surface area contributed by atoms with E-state index in [2.05, 4.69) is 35.5 Å². The number of aryl methyl sites for hydroxylation is 2.